The minimum Gasteiger partial charge on any atom is -0.507 e. The van der Waals surface area contributed by atoms with Crippen LogP contribution in [0.2, 0.25) is 0 Å². The molecule has 0 aliphatic heterocycles. The maximum atomic E-state index is 10.7. The molecule has 0 unspecified atom stereocenters. The highest BCUT2D eigenvalue weighted by Crippen LogP contribution is 2.39. The molecule has 0 radical (unpaired) electrons. The summed E-state index contributed by atoms with van der Waals surface area (Å²) in [4.78, 5) is 10.0. The van der Waals surface area contributed by atoms with E-state index in [-0.39, 0.29) is 16.8 Å². The fourth-order valence-corrected chi connectivity index (χ4v) is 1.52. The molecular weight excluding hydrogens is 198 g/mol. The van der Waals surface area contributed by atoms with Crippen molar-refractivity contribution >= 4 is 16.5 Å². The zero-order valence-electron chi connectivity index (χ0n) is 7.54. The van der Waals surface area contributed by atoms with Crippen molar-refractivity contribution in [2.75, 3.05) is 0 Å². The standard InChI is InChI=1S/C10H7NO4/c12-8-5-9(13)10(11(14)15)7-4-2-1-3-6(7)8/h1-5,12-13H. The molecule has 0 fully saturated rings. The maximum Gasteiger partial charge on any atom is 0.318 e. The van der Waals surface area contributed by atoms with Gasteiger partial charge in [0.05, 0.1) is 10.3 Å². The molecule has 0 amide bonds. The first kappa shape index (κ1) is 9.26. The lowest BCUT2D eigenvalue weighted by molar-refractivity contribution is -0.384. The number of rotatable bonds is 1. The van der Waals surface area contributed by atoms with Crippen LogP contribution in [0.5, 0.6) is 11.5 Å². The lowest BCUT2D eigenvalue weighted by Gasteiger charge is -2.03. The van der Waals surface area contributed by atoms with Gasteiger partial charge in [-0.05, 0) is 6.07 Å². The Morgan fingerprint density at radius 2 is 1.67 bits per heavy atom. The number of nitro benzene ring substituents is 1. The van der Waals surface area contributed by atoms with Gasteiger partial charge in [-0.25, -0.2) is 0 Å². The van der Waals surface area contributed by atoms with Crippen LogP contribution in [0.25, 0.3) is 10.8 Å². The van der Waals surface area contributed by atoms with Crippen LogP contribution < -0.4 is 0 Å². The molecule has 2 rings (SSSR count). The lowest BCUT2D eigenvalue weighted by Crippen LogP contribution is -1.90. The van der Waals surface area contributed by atoms with Crippen LogP contribution in [0.15, 0.2) is 30.3 Å². The molecule has 0 spiro atoms. The molecule has 76 valence electrons. The first-order valence-corrected chi connectivity index (χ1v) is 4.19. The number of aromatic hydroxyl groups is 2. The first-order valence-electron chi connectivity index (χ1n) is 4.19. The lowest BCUT2D eigenvalue weighted by atomic mass is 10.1. The van der Waals surface area contributed by atoms with Crippen LogP contribution in [0.3, 0.4) is 0 Å². The highest BCUT2D eigenvalue weighted by molar-refractivity contribution is 5.97. The summed E-state index contributed by atoms with van der Waals surface area (Å²) in [7, 11) is 0. The number of benzene rings is 2. The van der Waals surface area contributed by atoms with E-state index in [2.05, 4.69) is 0 Å². The Morgan fingerprint density at radius 1 is 1.07 bits per heavy atom. The van der Waals surface area contributed by atoms with Crippen molar-refractivity contribution in [3.05, 3.63) is 40.4 Å². The minimum absolute atomic E-state index is 0.172. The van der Waals surface area contributed by atoms with Crippen molar-refractivity contribution in [2.24, 2.45) is 0 Å². The average molecular weight is 205 g/mol. The Morgan fingerprint density at radius 3 is 2.27 bits per heavy atom. The Bertz CT molecular complexity index is 550. The Balaban J connectivity index is 2.96. The number of nitrogens with zero attached hydrogens (tertiary/aromatic N) is 1. The normalized spacial score (nSPS) is 10.4. The molecule has 0 atom stereocenters. The topological polar surface area (TPSA) is 83.6 Å². The molecule has 0 heterocycles. The number of hydrogen-bond acceptors (Lipinski definition) is 4. The number of nitro groups is 1. The van der Waals surface area contributed by atoms with Crippen LogP contribution in [0, 0.1) is 10.1 Å². The largest absolute Gasteiger partial charge is 0.507 e. The van der Waals surface area contributed by atoms with Gasteiger partial charge in [0.25, 0.3) is 0 Å². The van der Waals surface area contributed by atoms with Gasteiger partial charge >= 0.3 is 5.69 Å². The zero-order chi connectivity index (χ0) is 11.0. The van der Waals surface area contributed by atoms with Gasteiger partial charge in [0, 0.05) is 11.5 Å². The molecule has 0 saturated carbocycles. The summed E-state index contributed by atoms with van der Waals surface area (Å²) in [5.41, 5.74) is -0.386. The highest BCUT2D eigenvalue weighted by atomic mass is 16.6. The molecule has 2 aromatic rings. The second kappa shape index (κ2) is 3.13. The van der Waals surface area contributed by atoms with Gasteiger partial charge in [-0.2, -0.15) is 0 Å². The predicted molar refractivity (Wildman–Crippen MR) is 53.9 cm³/mol. The van der Waals surface area contributed by atoms with Crippen LogP contribution in [-0.4, -0.2) is 15.1 Å². The van der Waals surface area contributed by atoms with Gasteiger partial charge in [0.1, 0.15) is 5.75 Å². The van der Waals surface area contributed by atoms with Crippen molar-refractivity contribution in [3.8, 4) is 11.5 Å². The van der Waals surface area contributed by atoms with E-state index < -0.39 is 10.7 Å². The van der Waals surface area contributed by atoms with E-state index >= 15 is 0 Å². The molecule has 5 nitrogen and oxygen atoms in total. The number of fused-ring (bicyclic) bond motifs is 1. The Hall–Kier alpha value is -2.30. The van der Waals surface area contributed by atoms with E-state index in [0.29, 0.717) is 5.39 Å². The molecule has 0 aliphatic rings. The summed E-state index contributed by atoms with van der Waals surface area (Å²) in [6.45, 7) is 0. The van der Waals surface area contributed by atoms with E-state index in [4.69, 9.17) is 0 Å². The molecule has 0 aromatic heterocycles. The summed E-state index contributed by atoms with van der Waals surface area (Å²) in [6.07, 6.45) is 0. The van der Waals surface area contributed by atoms with Gasteiger partial charge in [-0.15, -0.1) is 0 Å². The fraction of sp³-hybridized carbons (Fsp3) is 0. The maximum absolute atomic E-state index is 10.7. The van der Waals surface area contributed by atoms with E-state index in [9.17, 15) is 20.3 Å². The van der Waals surface area contributed by atoms with E-state index in [1.807, 2.05) is 0 Å². The first-order chi connectivity index (χ1) is 7.11. The summed E-state index contributed by atoms with van der Waals surface area (Å²) in [5, 5.41) is 30.1. The quantitative estimate of drug-likeness (QED) is 0.551. The molecule has 2 N–H and O–H groups in total. The van der Waals surface area contributed by atoms with Gasteiger partial charge in [0.15, 0.2) is 5.75 Å². The molecule has 0 bridgehead atoms. The van der Waals surface area contributed by atoms with Gasteiger partial charge in [-0.1, -0.05) is 18.2 Å². The Kier molecular flexibility index (Phi) is 1.93. The second-order valence-electron chi connectivity index (χ2n) is 3.07. The Labute approximate surface area is 84.4 Å². The predicted octanol–water partition coefficient (Wildman–Crippen LogP) is 2.16. The van der Waals surface area contributed by atoms with Crippen LogP contribution in [0.1, 0.15) is 0 Å². The molecule has 0 aliphatic carbocycles. The van der Waals surface area contributed by atoms with Crippen LogP contribution in [0.4, 0.5) is 5.69 Å². The third-order valence-corrected chi connectivity index (χ3v) is 2.16. The molecule has 0 saturated heterocycles. The van der Waals surface area contributed by atoms with Gasteiger partial charge in [-0.3, -0.25) is 10.1 Å². The summed E-state index contributed by atoms with van der Waals surface area (Å²) in [6, 6.07) is 7.27. The monoisotopic (exact) mass is 205 g/mol. The SMILES string of the molecule is O=[N+]([O-])c1c(O)cc(O)c2ccccc12. The second-order valence-corrected chi connectivity index (χ2v) is 3.07. The molecule has 15 heavy (non-hydrogen) atoms. The molecule has 2 aromatic carbocycles. The number of phenolic OH excluding ortho intramolecular Hbond substituents is 2. The smallest absolute Gasteiger partial charge is 0.318 e. The molecule has 5 heteroatoms. The van der Waals surface area contributed by atoms with Crippen LogP contribution in [-0.2, 0) is 0 Å². The van der Waals surface area contributed by atoms with Crippen molar-refractivity contribution in [1.82, 2.24) is 0 Å². The van der Waals surface area contributed by atoms with Crippen molar-refractivity contribution in [2.45, 2.75) is 0 Å². The van der Waals surface area contributed by atoms with Crippen LogP contribution >= 0.6 is 0 Å². The highest BCUT2D eigenvalue weighted by Gasteiger charge is 2.20. The summed E-state index contributed by atoms with van der Waals surface area (Å²) < 4.78 is 0. The van der Waals surface area contributed by atoms with Gasteiger partial charge < -0.3 is 10.2 Å². The van der Waals surface area contributed by atoms with Gasteiger partial charge in [0.2, 0.25) is 0 Å². The summed E-state index contributed by atoms with van der Waals surface area (Å²) in [5.74, 6) is -0.704. The average Bonchev–Trinajstić information content (AvgIpc) is 2.17. The van der Waals surface area contributed by atoms with Crippen molar-refractivity contribution in [1.29, 1.82) is 0 Å². The zero-order valence-corrected chi connectivity index (χ0v) is 7.54. The van der Waals surface area contributed by atoms with E-state index in [1.165, 1.54) is 6.07 Å². The summed E-state index contributed by atoms with van der Waals surface area (Å²) >= 11 is 0. The third-order valence-electron chi connectivity index (χ3n) is 2.16. The number of phenols is 2. The fourth-order valence-electron chi connectivity index (χ4n) is 1.52. The van der Waals surface area contributed by atoms with E-state index in [0.717, 1.165) is 6.07 Å². The van der Waals surface area contributed by atoms with Crippen molar-refractivity contribution < 1.29 is 15.1 Å². The van der Waals surface area contributed by atoms with E-state index in [1.54, 1.807) is 18.2 Å². The van der Waals surface area contributed by atoms with Crippen molar-refractivity contribution in [3.63, 3.8) is 0 Å². The minimum atomic E-state index is -0.670. The molecular formula is C10H7NO4. The third kappa shape index (κ3) is 1.34. The number of hydrogen-bond donors (Lipinski definition) is 2.